The number of hydrogen-bond acceptors (Lipinski definition) is 5. The molecule has 19 heavy (non-hydrogen) atoms. The lowest BCUT2D eigenvalue weighted by Gasteiger charge is -2.06. The minimum atomic E-state index is -0.391. The molecule has 1 amide bonds. The van der Waals surface area contributed by atoms with E-state index in [1.54, 1.807) is 13.0 Å². The fourth-order valence-corrected chi connectivity index (χ4v) is 2.58. The summed E-state index contributed by atoms with van der Waals surface area (Å²) in [6, 6.07) is 2.23. The summed E-state index contributed by atoms with van der Waals surface area (Å²) in [4.78, 5) is 24.5. The van der Waals surface area contributed by atoms with E-state index in [4.69, 9.17) is 4.74 Å². The lowest BCUT2D eigenvalue weighted by atomic mass is 10.3. The van der Waals surface area contributed by atoms with Gasteiger partial charge in [-0.2, -0.15) is 0 Å². The first-order chi connectivity index (χ1) is 9.10. The van der Waals surface area contributed by atoms with Gasteiger partial charge in [-0.05, 0) is 32.8 Å². The number of nitrogens with one attached hydrogen (secondary N) is 2. The van der Waals surface area contributed by atoms with Crippen LogP contribution in [0.15, 0.2) is 6.07 Å². The summed E-state index contributed by atoms with van der Waals surface area (Å²) >= 11 is 1.39. The van der Waals surface area contributed by atoms with Gasteiger partial charge in [0.05, 0.1) is 18.7 Å². The van der Waals surface area contributed by atoms with Crippen LogP contribution < -0.4 is 10.6 Å². The molecule has 0 aliphatic heterocycles. The predicted octanol–water partition coefficient (Wildman–Crippen LogP) is 1.92. The Labute approximate surface area is 116 Å². The number of amides is 1. The molecule has 5 nitrogen and oxygen atoms in total. The molecule has 2 N–H and O–H groups in total. The van der Waals surface area contributed by atoms with Crippen molar-refractivity contribution in [2.75, 3.05) is 18.5 Å². The van der Waals surface area contributed by atoms with E-state index in [0.29, 0.717) is 23.2 Å². The first kappa shape index (κ1) is 14.0. The van der Waals surface area contributed by atoms with E-state index in [9.17, 15) is 9.59 Å². The molecule has 0 radical (unpaired) electrons. The number of thiophene rings is 1. The smallest absolute Gasteiger partial charge is 0.341 e. The molecular weight excluding hydrogens is 264 g/mol. The van der Waals surface area contributed by atoms with Crippen molar-refractivity contribution in [2.24, 2.45) is 0 Å². The van der Waals surface area contributed by atoms with Crippen LogP contribution in [-0.2, 0) is 9.53 Å². The number of rotatable bonds is 6. The van der Waals surface area contributed by atoms with Crippen LogP contribution in [0.1, 0.15) is 35.0 Å². The zero-order chi connectivity index (χ0) is 13.8. The molecule has 0 saturated heterocycles. The predicted molar refractivity (Wildman–Crippen MR) is 74.7 cm³/mol. The molecule has 1 aliphatic carbocycles. The standard InChI is InChI=1S/C13H18N2O3S/c1-3-18-13(17)10-6-8(2)19-12(10)15-11(16)7-14-9-4-5-9/h6,9,14H,3-5,7H2,1-2H3,(H,15,16). The Balaban J connectivity index is 1.97. The van der Waals surface area contributed by atoms with Crippen molar-refractivity contribution >= 4 is 28.2 Å². The zero-order valence-corrected chi connectivity index (χ0v) is 11.9. The van der Waals surface area contributed by atoms with Gasteiger partial charge in [-0.3, -0.25) is 4.79 Å². The maximum absolute atomic E-state index is 11.8. The minimum Gasteiger partial charge on any atom is -0.462 e. The highest BCUT2D eigenvalue weighted by atomic mass is 32.1. The molecule has 1 heterocycles. The van der Waals surface area contributed by atoms with Crippen molar-refractivity contribution in [3.8, 4) is 0 Å². The van der Waals surface area contributed by atoms with Gasteiger partial charge in [0.15, 0.2) is 0 Å². The lowest BCUT2D eigenvalue weighted by molar-refractivity contribution is -0.115. The monoisotopic (exact) mass is 282 g/mol. The average molecular weight is 282 g/mol. The molecule has 0 spiro atoms. The number of ether oxygens (including phenoxy) is 1. The molecule has 1 aromatic rings. The van der Waals surface area contributed by atoms with Gasteiger partial charge in [0, 0.05) is 10.9 Å². The first-order valence-corrected chi connectivity index (χ1v) is 7.22. The van der Waals surface area contributed by atoms with E-state index in [1.807, 2.05) is 6.92 Å². The second-order valence-electron chi connectivity index (χ2n) is 4.52. The molecule has 1 aromatic heterocycles. The number of carbonyl (C=O) groups is 2. The summed E-state index contributed by atoms with van der Waals surface area (Å²) in [5.74, 6) is -0.517. The number of hydrogen-bond donors (Lipinski definition) is 2. The van der Waals surface area contributed by atoms with Crippen LogP contribution in [-0.4, -0.2) is 31.1 Å². The van der Waals surface area contributed by atoms with Crippen molar-refractivity contribution in [2.45, 2.75) is 32.7 Å². The first-order valence-electron chi connectivity index (χ1n) is 6.41. The fourth-order valence-electron chi connectivity index (χ4n) is 1.66. The van der Waals surface area contributed by atoms with E-state index in [2.05, 4.69) is 10.6 Å². The molecule has 6 heteroatoms. The van der Waals surface area contributed by atoms with Crippen LogP contribution in [0.2, 0.25) is 0 Å². The normalized spacial score (nSPS) is 14.2. The third-order valence-corrected chi connectivity index (χ3v) is 3.70. The van der Waals surface area contributed by atoms with Crippen LogP contribution in [0, 0.1) is 6.92 Å². The number of carbonyl (C=O) groups excluding carboxylic acids is 2. The fraction of sp³-hybridized carbons (Fsp3) is 0.538. The Morgan fingerprint density at radius 1 is 1.47 bits per heavy atom. The van der Waals surface area contributed by atoms with Gasteiger partial charge < -0.3 is 15.4 Å². The van der Waals surface area contributed by atoms with Crippen LogP contribution in [0.25, 0.3) is 0 Å². The number of esters is 1. The molecule has 1 fully saturated rings. The highest BCUT2D eigenvalue weighted by Crippen LogP contribution is 2.28. The van der Waals surface area contributed by atoms with E-state index in [1.165, 1.54) is 11.3 Å². The van der Waals surface area contributed by atoms with Crippen molar-refractivity contribution in [1.82, 2.24) is 5.32 Å². The summed E-state index contributed by atoms with van der Waals surface area (Å²) in [5, 5.41) is 6.47. The Morgan fingerprint density at radius 2 is 2.21 bits per heavy atom. The Bertz CT molecular complexity index is 480. The summed E-state index contributed by atoms with van der Waals surface area (Å²) in [7, 11) is 0. The van der Waals surface area contributed by atoms with E-state index in [-0.39, 0.29) is 12.5 Å². The van der Waals surface area contributed by atoms with Crippen molar-refractivity contribution in [3.05, 3.63) is 16.5 Å². The molecule has 1 saturated carbocycles. The van der Waals surface area contributed by atoms with E-state index < -0.39 is 5.97 Å². The topological polar surface area (TPSA) is 67.4 Å². The van der Waals surface area contributed by atoms with Gasteiger partial charge in [-0.25, -0.2) is 4.79 Å². The second kappa shape index (κ2) is 6.16. The Morgan fingerprint density at radius 3 is 2.84 bits per heavy atom. The second-order valence-corrected chi connectivity index (χ2v) is 5.78. The molecule has 104 valence electrons. The lowest BCUT2D eigenvalue weighted by Crippen LogP contribution is -2.29. The largest absolute Gasteiger partial charge is 0.462 e. The summed E-state index contributed by atoms with van der Waals surface area (Å²) in [6.45, 7) is 4.26. The van der Waals surface area contributed by atoms with Crippen LogP contribution >= 0.6 is 11.3 Å². The number of anilines is 1. The van der Waals surface area contributed by atoms with Crippen molar-refractivity contribution in [3.63, 3.8) is 0 Å². The Hall–Kier alpha value is -1.40. The van der Waals surface area contributed by atoms with Gasteiger partial charge in [-0.1, -0.05) is 0 Å². The minimum absolute atomic E-state index is 0.126. The third-order valence-electron chi connectivity index (χ3n) is 2.73. The van der Waals surface area contributed by atoms with Crippen LogP contribution in [0.4, 0.5) is 5.00 Å². The van der Waals surface area contributed by atoms with Crippen molar-refractivity contribution < 1.29 is 14.3 Å². The highest BCUT2D eigenvalue weighted by Gasteiger charge is 2.22. The highest BCUT2D eigenvalue weighted by molar-refractivity contribution is 7.16. The molecular formula is C13H18N2O3S. The van der Waals surface area contributed by atoms with E-state index in [0.717, 1.165) is 17.7 Å². The van der Waals surface area contributed by atoms with Crippen LogP contribution in [0.3, 0.4) is 0 Å². The molecule has 1 aliphatic rings. The van der Waals surface area contributed by atoms with Gasteiger partial charge in [0.2, 0.25) is 5.91 Å². The SMILES string of the molecule is CCOC(=O)c1cc(C)sc1NC(=O)CNC1CC1. The van der Waals surface area contributed by atoms with Gasteiger partial charge >= 0.3 is 5.97 Å². The summed E-state index contributed by atoms with van der Waals surface area (Å²) in [6.07, 6.45) is 2.28. The third kappa shape index (κ3) is 4.04. The van der Waals surface area contributed by atoms with Gasteiger partial charge in [-0.15, -0.1) is 11.3 Å². The molecule has 0 aromatic carbocycles. The summed E-state index contributed by atoms with van der Waals surface area (Å²) < 4.78 is 4.97. The van der Waals surface area contributed by atoms with Crippen molar-refractivity contribution in [1.29, 1.82) is 0 Å². The van der Waals surface area contributed by atoms with E-state index >= 15 is 0 Å². The summed E-state index contributed by atoms with van der Waals surface area (Å²) in [5.41, 5.74) is 0.434. The Kier molecular flexibility index (Phi) is 4.55. The quantitative estimate of drug-likeness (QED) is 0.782. The van der Waals surface area contributed by atoms with Crippen LogP contribution in [0.5, 0.6) is 0 Å². The maximum atomic E-state index is 11.8. The molecule has 2 rings (SSSR count). The molecule has 0 bridgehead atoms. The molecule has 0 atom stereocenters. The van der Waals surface area contributed by atoms with Gasteiger partial charge in [0.1, 0.15) is 5.00 Å². The maximum Gasteiger partial charge on any atom is 0.341 e. The molecule has 0 unspecified atom stereocenters. The average Bonchev–Trinajstić information content (AvgIpc) is 3.11. The van der Waals surface area contributed by atoms with Gasteiger partial charge in [0.25, 0.3) is 0 Å². The number of aryl methyl sites for hydroxylation is 1. The zero-order valence-electron chi connectivity index (χ0n) is 11.1.